The van der Waals surface area contributed by atoms with Crippen LogP contribution < -0.4 is 5.73 Å². The van der Waals surface area contributed by atoms with E-state index in [2.05, 4.69) is 0 Å². The van der Waals surface area contributed by atoms with E-state index in [-0.39, 0.29) is 22.5 Å². The van der Waals surface area contributed by atoms with Crippen molar-refractivity contribution in [2.75, 3.05) is 13.1 Å². The number of nitrogens with two attached hydrogens (primary N) is 1. The van der Waals surface area contributed by atoms with E-state index >= 15 is 0 Å². The largest absolute Gasteiger partial charge is 0.338 e. The van der Waals surface area contributed by atoms with E-state index in [0.29, 0.717) is 13.1 Å². The number of likely N-dealkylation sites (tertiary alicyclic amines) is 1. The van der Waals surface area contributed by atoms with Gasteiger partial charge in [0.2, 0.25) is 0 Å². The van der Waals surface area contributed by atoms with Crippen molar-refractivity contribution in [1.29, 1.82) is 0 Å². The monoisotopic (exact) mass is 256 g/mol. The molecule has 0 unspecified atom stereocenters. The fourth-order valence-electron chi connectivity index (χ4n) is 1.93. The van der Waals surface area contributed by atoms with Crippen LogP contribution in [0, 0.1) is 5.82 Å². The molecule has 0 bridgehead atoms. The predicted octanol–water partition coefficient (Wildman–Crippen LogP) is 2.04. The number of halogens is 2. The van der Waals surface area contributed by atoms with Crippen LogP contribution in [0.15, 0.2) is 18.2 Å². The van der Waals surface area contributed by atoms with Crippen LogP contribution in [0.1, 0.15) is 23.2 Å². The summed E-state index contributed by atoms with van der Waals surface area (Å²) < 4.78 is 13.1. The SMILES string of the molecule is NC1CCN(C(=O)c2cc(F)ccc2Cl)CC1. The number of rotatable bonds is 1. The summed E-state index contributed by atoms with van der Waals surface area (Å²) >= 11 is 5.90. The zero-order chi connectivity index (χ0) is 12.4. The molecule has 0 aromatic heterocycles. The molecule has 2 N–H and O–H groups in total. The molecular formula is C12H14ClFN2O. The molecule has 1 amide bonds. The molecule has 0 saturated carbocycles. The molecule has 17 heavy (non-hydrogen) atoms. The molecule has 0 aliphatic carbocycles. The van der Waals surface area contributed by atoms with E-state index in [4.69, 9.17) is 17.3 Å². The highest BCUT2D eigenvalue weighted by atomic mass is 35.5. The molecule has 1 fully saturated rings. The number of carbonyl (C=O) groups excluding carboxylic acids is 1. The van der Waals surface area contributed by atoms with E-state index < -0.39 is 5.82 Å². The topological polar surface area (TPSA) is 46.3 Å². The average molecular weight is 257 g/mol. The third-order valence-corrected chi connectivity index (χ3v) is 3.32. The molecule has 1 heterocycles. The smallest absolute Gasteiger partial charge is 0.255 e. The second-order valence-electron chi connectivity index (χ2n) is 4.25. The Labute approximate surface area is 104 Å². The van der Waals surface area contributed by atoms with Crippen molar-refractivity contribution in [3.63, 3.8) is 0 Å². The van der Waals surface area contributed by atoms with Crippen LogP contribution in [0.2, 0.25) is 5.02 Å². The van der Waals surface area contributed by atoms with Crippen molar-refractivity contribution in [2.24, 2.45) is 5.73 Å². The number of hydrogen-bond acceptors (Lipinski definition) is 2. The molecule has 1 aliphatic rings. The Balaban J connectivity index is 2.16. The first-order valence-electron chi connectivity index (χ1n) is 5.58. The van der Waals surface area contributed by atoms with Gasteiger partial charge in [0.1, 0.15) is 5.82 Å². The van der Waals surface area contributed by atoms with Gasteiger partial charge < -0.3 is 10.6 Å². The van der Waals surface area contributed by atoms with E-state index in [1.807, 2.05) is 0 Å². The van der Waals surface area contributed by atoms with Crippen molar-refractivity contribution < 1.29 is 9.18 Å². The standard InChI is InChI=1S/C12H14ClFN2O/c13-11-2-1-8(14)7-10(11)12(17)16-5-3-9(15)4-6-16/h1-2,7,9H,3-6,15H2. The van der Waals surface area contributed by atoms with Crippen LogP contribution >= 0.6 is 11.6 Å². The minimum Gasteiger partial charge on any atom is -0.338 e. The third-order valence-electron chi connectivity index (χ3n) is 2.99. The highest BCUT2D eigenvalue weighted by molar-refractivity contribution is 6.33. The molecule has 2 rings (SSSR count). The highest BCUT2D eigenvalue weighted by Crippen LogP contribution is 2.20. The summed E-state index contributed by atoms with van der Waals surface area (Å²) in [5.41, 5.74) is 5.99. The average Bonchev–Trinajstić information content (AvgIpc) is 2.32. The Hall–Kier alpha value is -1.13. The lowest BCUT2D eigenvalue weighted by atomic mass is 10.0. The Morgan fingerprint density at radius 3 is 2.71 bits per heavy atom. The second-order valence-corrected chi connectivity index (χ2v) is 4.66. The Kier molecular flexibility index (Phi) is 3.64. The van der Waals surface area contributed by atoms with E-state index in [1.165, 1.54) is 18.2 Å². The molecule has 0 spiro atoms. The fourth-order valence-corrected chi connectivity index (χ4v) is 2.13. The van der Waals surface area contributed by atoms with Crippen LogP contribution in [0.4, 0.5) is 4.39 Å². The summed E-state index contributed by atoms with van der Waals surface area (Å²) in [6.45, 7) is 1.21. The molecule has 3 nitrogen and oxygen atoms in total. The molecule has 5 heteroatoms. The molecule has 1 aliphatic heterocycles. The molecule has 0 radical (unpaired) electrons. The van der Waals surface area contributed by atoms with Gasteiger partial charge in [-0.05, 0) is 31.0 Å². The van der Waals surface area contributed by atoms with Crippen molar-refractivity contribution in [1.82, 2.24) is 4.90 Å². The van der Waals surface area contributed by atoms with Gasteiger partial charge in [0, 0.05) is 19.1 Å². The lowest BCUT2D eigenvalue weighted by Gasteiger charge is -2.30. The lowest BCUT2D eigenvalue weighted by Crippen LogP contribution is -2.42. The second kappa shape index (κ2) is 5.02. The van der Waals surface area contributed by atoms with Gasteiger partial charge >= 0.3 is 0 Å². The van der Waals surface area contributed by atoms with Crippen molar-refractivity contribution in [3.8, 4) is 0 Å². The van der Waals surface area contributed by atoms with Crippen LogP contribution in [0.3, 0.4) is 0 Å². The molecule has 92 valence electrons. The Morgan fingerprint density at radius 2 is 2.06 bits per heavy atom. The summed E-state index contributed by atoms with van der Waals surface area (Å²) in [5, 5.41) is 0.284. The number of nitrogens with zero attached hydrogens (tertiary/aromatic N) is 1. The summed E-state index contributed by atoms with van der Waals surface area (Å²) in [6, 6.07) is 3.98. The van der Waals surface area contributed by atoms with Crippen LogP contribution in [0.5, 0.6) is 0 Å². The zero-order valence-electron chi connectivity index (χ0n) is 9.33. The summed E-state index contributed by atoms with van der Waals surface area (Å²) in [6.07, 6.45) is 1.55. The van der Waals surface area contributed by atoms with Gasteiger partial charge in [-0.3, -0.25) is 4.79 Å². The van der Waals surface area contributed by atoms with E-state index in [1.54, 1.807) is 4.90 Å². The molecule has 0 atom stereocenters. The van der Waals surface area contributed by atoms with Crippen LogP contribution in [0.25, 0.3) is 0 Å². The molecular weight excluding hydrogens is 243 g/mol. The Morgan fingerprint density at radius 1 is 1.41 bits per heavy atom. The summed E-state index contributed by atoms with van der Waals surface area (Å²) in [7, 11) is 0. The summed E-state index contributed by atoms with van der Waals surface area (Å²) in [4.78, 5) is 13.8. The zero-order valence-corrected chi connectivity index (χ0v) is 10.1. The van der Waals surface area contributed by atoms with Crippen molar-refractivity contribution in [3.05, 3.63) is 34.6 Å². The van der Waals surface area contributed by atoms with Gasteiger partial charge in [0.25, 0.3) is 5.91 Å². The first kappa shape index (κ1) is 12.3. The van der Waals surface area contributed by atoms with Gasteiger partial charge in [-0.2, -0.15) is 0 Å². The summed E-state index contributed by atoms with van der Waals surface area (Å²) in [5.74, 6) is -0.673. The minimum absolute atomic E-state index is 0.155. The quantitative estimate of drug-likeness (QED) is 0.836. The van der Waals surface area contributed by atoms with Gasteiger partial charge in [0.05, 0.1) is 10.6 Å². The van der Waals surface area contributed by atoms with Gasteiger partial charge in [-0.1, -0.05) is 11.6 Å². The maximum absolute atomic E-state index is 13.1. The van der Waals surface area contributed by atoms with Gasteiger partial charge in [-0.15, -0.1) is 0 Å². The number of hydrogen-bond donors (Lipinski definition) is 1. The first-order valence-corrected chi connectivity index (χ1v) is 5.95. The van der Waals surface area contributed by atoms with Crippen molar-refractivity contribution >= 4 is 17.5 Å². The third kappa shape index (κ3) is 2.76. The van der Waals surface area contributed by atoms with Gasteiger partial charge in [0.15, 0.2) is 0 Å². The molecule has 1 saturated heterocycles. The fraction of sp³-hybridized carbons (Fsp3) is 0.417. The van der Waals surface area contributed by atoms with E-state index in [9.17, 15) is 9.18 Å². The molecule has 1 aromatic carbocycles. The number of carbonyl (C=O) groups is 1. The predicted molar refractivity (Wildman–Crippen MR) is 64.5 cm³/mol. The van der Waals surface area contributed by atoms with Crippen LogP contribution in [-0.2, 0) is 0 Å². The maximum Gasteiger partial charge on any atom is 0.255 e. The Bertz CT molecular complexity index is 431. The number of benzene rings is 1. The lowest BCUT2D eigenvalue weighted by molar-refractivity contribution is 0.0714. The number of amides is 1. The first-order chi connectivity index (χ1) is 8.08. The molecule has 1 aromatic rings. The number of piperidine rings is 1. The van der Waals surface area contributed by atoms with E-state index in [0.717, 1.165) is 12.8 Å². The normalized spacial score (nSPS) is 17.2. The van der Waals surface area contributed by atoms with Crippen molar-refractivity contribution in [2.45, 2.75) is 18.9 Å². The highest BCUT2D eigenvalue weighted by Gasteiger charge is 2.23. The maximum atomic E-state index is 13.1. The minimum atomic E-state index is -0.452. The van der Waals surface area contributed by atoms with Gasteiger partial charge in [-0.25, -0.2) is 4.39 Å². The van der Waals surface area contributed by atoms with Crippen LogP contribution in [-0.4, -0.2) is 29.9 Å².